The van der Waals surface area contributed by atoms with Crippen molar-refractivity contribution in [2.75, 3.05) is 6.61 Å². The molecule has 0 spiro atoms. The molecule has 1 heteroatoms. The Hall–Kier alpha value is -0.560. The molecule has 0 unspecified atom stereocenters. The van der Waals surface area contributed by atoms with Gasteiger partial charge in [0.1, 0.15) is 0 Å². The Kier molecular flexibility index (Phi) is 16.9. The molecule has 0 aliphatic rings. The summed E-state index contributed by atoms with van der Waals surface area (Å²) in [5, 5.41) is 8.59. The molecule has 1 nitrogen and oxygen atoms in total. The van der Waals surface area contributed by atoms with Gasteiger partial charge in [0.15, 0.2) is 0 Å². The van der Waals surface area contributed by atoms with Gasteiger partial charge in [-0.05, 0) is 19.3 Å². The summed E-state index contributed by atoms with van der Waals surface area (Å²) in [4.78, 5) is 0. The zero-order valence-corrected chi connectivity index (χ0v) is 12.9. The fourth-order valence-corrected chi connectivity index (χ4v) is 2.17. The highest BCUT2D eigenvalue weighted by Gasteiger charge is 1.91. The normalized spacial score (nSPS) is 11.9. The quantitative estimate of drug-likeness (QED) is 0.311. The van der Waals surface area contributed by atoms with Crippen LogP contribution >= 0.6 is 0 Å². The average Bonchev–Trinajstić information content (AvgIpc) is 2.43. The summed E-state index contributed by atoms with van der Waals surface area (Å²) < 4.78 is 0. The first-order valence-corrected chi connectivity index (χ1v) is 8.34. The van der Waals surface area contributed by atoms with Crippen LogP contribution in [0.25, 0.3) is 0 Å². The van der Waals surface area contributed by atoms with Crippen LogP contribution in [-0.4, -0.2) is 11.7 Å². The van der Waals surface area contributed by atoms with Crippen molar-refractivity contribution in [3.63, 3.8) is 0 Å². The van der Waals surface area contributed by atoms with Gasteiger partial charge in [0.2, 0.25) is 0 Å². The molecule has 0 saturated heterocycles. The maximum Gasteiger partial charge on any atom is 0.0465 e. The molecule has 0 aliphatic carbocycles. The third-order valence-electron chi connectivity index (χ3n) is 3.40. The standard InChI is InChI=1S/C18H34O/c1-2-3-4-5-6-7-8-9-10-11-12-13-14-15-16-17-18-19/h13-16,19H,2-12,17-18H2,1H3/b14-13+,16-15+. The van der Waals surface area contributed by atoms with Crippen molar-refractivity contribution in [3.05, 3.63) is 24.3 Å². The first kappa shape index (κ1) is 18.4. The van der Waals surface area contributed by atoms with Crippen molar-refractivity contribution in [2.45, 2.75) is 84.0 Å². The number of hydrogen-bond donors (Lipinski definition) is 1. The Labute approximate surface area is 120 Å². The Balaban J connectivity index is 3.06. The first-order chi connectivity index (χ1) is 9.41. The molecule has 112 valence electrons. The second-order valence-electron chi connectivity index (χ2n) is 5.34. The molecule has 0 radical (unpaired) electrons. The molecule has 0 amide bonds. The van der Waals surface area contributed by atoms with E-state index in [-0.39, 0.29) is 6.61 Å². The monoisotopic (exact) mass is 266 g/mol. The number of aliphatic hydroxyl groups is 1. The van der Waals surface area contributed by atoms with Crippen LogP contribution in [0, 0.1) is 0 Å². The van der Waals surface area contributed by atoms with E-state index in [0.717, 1.165) is 6.42 Å². The van der Waals surface area contributed by atoms with Crippen LogP contribution in [0.15, 0.2) is 24.3 Å². The number of rotatable bonds is 14. The highest BCUT2D eigenvalue weighted by Crippen LogP contribution is 2.11. The van der Waals surface area contributed by atoms with Gasteiger partial charge >= 0.3 is 0 Å². The van der Waals surface area contributed by atoms with E-state index in [1.165, 1.54) is 70.6 Å². The summed E-state index contributed by atoms with van der Waals surface area (Å²) >= 11 is 0. The molecule has 1 N–H and O–H groups in total. The molecule has 0 atom stereocenters. The summed E-state index contributed by atoms with van der Waals surface area (Å²) in [6.45, 7) is 2.53. The SMILES string of the molecule is CCCCCCCCCCCC/C=C/C=C/CCO. The molecule has 0 fully saturated rings. The minimum atomic E-state index is 0.253. The van der Waals surface area contributed by atoms with E-state index in [1.54, 1.807) is 0 Å². The second kappa shape index (κ2) is 17.4. The van der Waals surface area contributed by atoms with Gasteiger partial charge in [0.05, 0.1) is 0 Å². The first-order valence-electron chi connectivity index (χ1n) is 8.34. The summed E-state index contributed by atoms with van der Waals surface area (Å²) in [5.74, 6) is 0. The van der Waals surface area contributed by atoms with Crippen molar-refractivity contribution >= 4 is 0 Å². The minimum Gasteiger partial charge on any atom is -0.396 e. The van der Waals surface area contributed by atoms with Crippen LogP contribution in [0.2, 0.25) is 0 Å². The number of unbranched alkanes of at least 4 members (excludes halogenated alkanes) is 10. The molecular formula is C18H34O. The lowest BCUT2D eigenvalue weighted by atomic mass is 10.1. The lowest BCUT2D eigenvalue weighted by molar-refractivity contribution is 0.302. The predicted molar refractivity (Wildman–Crippen MR) is 86.4 cm³/mol. The highest BCUT2D eigenvalue weighted by molar-refractivity contribution is 5.02. The van der Waals surface area contributed by atoms with Gasteiger partial charge in [-0.15, -0.1) is 0 Å². The lowest BCUT2D eigenvalue weighted by Gasteiger charge is -2.01. The van der Waals surface area contributed by atoms with Crippen molar-refractivity contribution < 1.29 is 5.11 Å². The molecule has 0 saturated carbocycles. The summed E-state index contributed by atoms with van der Waals surface area (Å²) in [6, 6.07) is 0. The highest BCUT2D eigenvalue weighted by atomic mass is 16.2. The van der Waals surface area contributed by atoms with Gasteiger partial charge in [-0.3, -0.25) is 0 Å². The van der Waals surface area contributed by atoms with Crippen LogP contribution in [-0.2, 0) is 0 Å². The van der Waals surface area contributed by atoms with Gasteiger partial charge in [0.25, 0.3) is 0 Å². The second-order valence-corrected chi connectivity index (χ2v) is 5.34. The molecule has 0 heterocycles. The zero-order chi connectivity index (χ0) is 14.0. The predicted octanol–water partition coefficient (Wildman–Crippen LogP) is 5.79. The van der Waals surface area contributed by atoms with Crippen molar-refractivity contribution in [1.29, 1.82) is 0 Å². The van der Waals surface area contributed by atoms with E-state index in [9.17, 15) is 0 Å². The summed E-state index contributed by atoms with van der Waals surface area (Å²) in [7, 11) is 0. The van der Waals surface area contributed by atoms with Crippen molar-refractivity contribution in [1.82, 2.24) is 0 Å². The molecule has 0 rings (SSSR count). The minimum absolute atomic E-state index is 0.253. The van der Waals surface area contributed by atoms with Crippen molar-refractivity contribution in [3.8, 4) is 0 Å². The lowest BCUT2D eigenvalue weighted by Crippen LogP contribution is -1.81. The number of hydrogen-bond acceptors (Lipinski definition) is 1. The molecular weight excluding hydrogens is 232 g/mol. The Morgan fingerprint density at radius 2 is 1.11 bits per heavy atom. The van der Waals surface area contributed by atoms with Crippen LogP contribution in [0.5, 0.6) is 0 Å². The summed E-state index contributed by atoms with van der Waals surface area (Å²) in [6.07, 6.45) is 24.4. The van der Waals surface area contributed by atoms with E-state index >= 15 is 0 Å². The largest absolute Gasteiger partial charge is 0.396 e. The van der Waals surface area contributed by atoms with Crippen LogP contribution in [0.1, 0.15) is 84.0 Å². The third kappa shape index (κ3) is 17.4. The molecule has 0 bridgehead atoms. The van der Waals surface area contributed by atoms with Crippen LogP contribution in [0.3, 0.4) is 0 Å². The van der Waals surface area contributed by atoms with Crippen LogP contribution < -0.4 is 0 Å². The van der Waals surface area contributed by atoms with Gasteiger partial charge in [-0.25, -0.2) is 0 Å². The van der Waals surface area contributed by atoms with Crippen LogP contribution in [0.4, 0.5) is 0 Å². The molecule has 0 aromatic carbocycles. The van der Waals surface area contributed by atoms with E-state index < -0.39 is 0 Å². The maximum atomic E-state index is 8.59. The molecule has 0 aromatic heterocycles. The summed E-state index contributed by atoms with van der Waals surface area (Å²) in [5.41, 5.74) is 0. The van der Waals surface area contributed by atoms with Gasteiger partial charge < -0.3 is 5.11 Å². The smallest absolute Gasteiger partial charge is 0.0465 e. The molecule has 19 heavy (non-hydrogen) atoms. The number of allylic oxidation sites excluding steroid dienone is 3. The fourth-order valence-electron chi connectivity index (χ4n) is 2.17. The topological polar surface area (TPSA) is 20.2 Å². The van der Waals surface area contributed by atoms with Crippen molar-refractivity contribution in [2.24, 2.45) is 0 Å². The maximum absolute atomic E-state index is 8.59. The van der Waals surface area contributed by atoms with Gasteiger partial charge in [-0.2, -0.15) is 0 Å². The molecule has 0 aliphatic heterocycles. The van der Waals surface area contributed by atoms with Gasteiger partial charge in [-0.1, -0.05) is 89.0 Å². The van der Waals surface area contributed by atoms with E-state index in [0.29, 0.717) is 0 Å². The van der Waals surface area contributed by atoms with E-state index in [4.69, 9.17) is 5.11 Å². The Morgan fingerprint density at radius 3 is 1.63 bits per heavy atom. The van der Waals surface area contributed by atoms with E-state index in [1.807, 2.05) is 12.2 Å². The fraction of sp³-hybridized carbons (Fsp3) is 0.778. The Morgan fingerprint density at radius 1 is 0.632 bits per heavy atom. The van der Waals surface area contributed by atoms with E-state index in [2.05, 4.69) is 19.1 Å². The third-order valence-corrected chi connectivity index (χ3v) is 3.40. The van der Waals surface area contributed by atoms with Gasteiger partial charge in [0, 0.05) is 6.61 Å². The average molecular weight is 266 g/mol. The molecule has 0 aromatic rings. The zero-order valence-electron chi connectivity index (χ0n) is 12.9. The number of aliphatic hydroxyl groups excluding tert-OH is 1. The Bertz CT molecular complexity index is 206.